The fraction of sp³-hybridized carbons (Fsp3) is 0.364. The highest BCUT2D eigenvalue weighted by Gasteiger charge is 2.14. The predicted molar refractivity (Wildman–Crippen MR) is 60.5 cm³/mol. The molecule has 0 aliphatic rings. The monoisotopic (exact) mass is 292 g/mol. The number of hydrogen-bond acceptors (Lipinski definition) is 1. The SMILES string of the molecule is O=C(O)c1cc(C(F)F)ccc1CCCBr. The highest BCUT2D eigenvalue weighted by Crippen LogP contribution is 2.22. The van der Waals surface area contributed by atoms with Gasteiger partial charge in [0.25, 0.3) is 6.43 Å². The van der Waals surface area contributed by atoms with E-state index in [-0.39, 0.29) is 11.1 Å². The third kappa shape index (κ3) is 3.27. The summed E-state index contributed by atoms with van der Waals surface area (Å²) in [6.45, 7) is 0. The van der Waals surface area contributed by atoms with Gasteiger partial charge in [0.2, 0.25) is 0 Å². The van der Waals surface area contributed by atoms with Crippen LogP contribution in [0.3, 0.4) is 0 Å². The van der Waals surface area contributed by atoms with Crippen LogP contribution in [0.4, 0.5) is 8.78 Å². The highest BCUT2D eigenvalue weighted by atomic mass is 79.9. The first kappa shape index (κ1) is 13.1. The Morgan fingerprint density at radius 3 is 2.62 bits per heavy atom. The van der Waals surface area contributed by atoms with Gasteiger partial charge in [-0.15, -0.1) is 0 Å². The van der Waals surface area contributed by atoms with Crippen molar-refractivity contribution in [2.24, 2.45) is 0 Å². The number of halogens is 3. The molecular weight excluding hydrogens is 282 g/mol. The standard InChI is InChI=1S/C11H11BrF2O2/c12-5-1-2-7-3-4-8(10(13)14)6-9(7)11(15)16/h3-4,6,10H,1-2,5H2,(H,15,16). The summed E-state index contributed by atoms with van der Waals surface area (Å²) < 4.78 is 24.8. The Hall–Kier alpha value is -0.970. The van der Waals surface area contributed by atoms with Gasteiger partial charge in [-0.3, -0.25) is 0 Å². The van der Waals surface area contributed by atoms with Crippen molar-refractivity contribution >= 4 is 21.9 Å². The summed E-state index contributed by atoms with van der Waals surface area (Å²) in [5, 5.41) is 9.67. The van der Waals surface area contributed by atoms with E-state index >= 15 is 0 Å². The zero-order chi connectivity index (χ0) is 12.1. The fourth-order valence-electron chi connectivity index (χ4n) is 1.40. The summed E-state index contributed by atoms with van der Waals surface area (Å²) in [4.78, 5) is 10.9. The largest absolute Gasteiger partial charge is 0.478 e. The second kappa shape index (κ2) is 5.94. The van der Waals surface area contributed by atoms with E-state index < -0.39 is 12.4 Å². The second-order valence-electron chi connectivity index (χ2n) is 3.31. The Balaban J connectivity index is 3.04. The van der Waals surface area contributed by atoms with E-state index in [2.05, 4.69) is 15.9 Å². The molecule has 0 radical (unpaired) electrons. The number of carbonyl (C=O) groups is 1. The molecule has 0 unspecified atom stereocenters. The van der Waals surface area contributed by atoms with Crippen molar-refractivity contribution < 1.29 is 18.7 Å². The molecule has 88 valence electrons. The van der Waals surface area contributed by atoms with Crippen LogP contribution < -0.4 is 0 Å². The molecule has 2 nitrogen and oxygen atoms in total. The Kier molecular flexibility index (Phi) is 4.86. The summed E-state index contributed by atoms with van der Waals surface area (Å²) >= 11 is 3.24. The molecule has 16 heavy (non-hydrogen) atoms. The van der Waals surface area contributed by atoms with Gasteiger partial charge in [0.1, 0.15) is 0 Å². The Morgan fingerprint density at radius 2 is 2.12 bits per heavy atom. The summed E-state index contributed by atoms with van der Waals surface area (Å²) in [6.07, 6.45) is -1.30. The molecule has 0 fully saturated rings. The first-order valence-corrected chi connectivity index (χ1v) is 5.88. The van der Waals surface area contributed by atoms with E-state index in [1.807, 2.05) is 0 Å². The average molecular weight is 293 g/mol. The normalized spacial score (nSPS) is 10.8. The van der Waals surface area contributed by atoms with Gasteiger partial charge in [-0.2, -0.15) is 0 Å². The quantitative estimate of drug-likeness (QED) is 0.841. The molecule has 0 aliphatic carbocycles. The van der Waals surface area contributed by atoms with Crippen molar-refractivity contribution in [2.75, 3.05) is 5.33 Å². The maximum absolute atomic E-state index is 12.4. The average Bonchev–Trinajstić information content (AvgIpc) is 2.25. The summed E-state index contributed by atoms with van der Waals surface area (Å²) in [5.74, 6) is -1.16. The van der Waals surface area contributed by atoms with Crippen LogP contribution in [0.2, 0.25) is 0 Å². The molecule has 0 saturated heterocycles. The highest BCUT2D eigenvalue weighted by molar-refractivity contribution is 9.09. The molecule has 0 atom stereocenters. The first-order valence-electron chi connectivity index (χ1n) is 4.76. The maximum Gasteiger partial charge on any atom is 0.335 e. The van der Waals surface area contributed by atoms with Crippen LogP contribution in [0.25, 0.3) is 0 Å². The lowest BCUT2D eigenvalue weighted by atomic mass is 10.0. The number of aryl methyl sites for hydroxylation is 1. The topological polar surface area (TPSA) is 37.3 Å². The molecular formula is C11H11BrF2O2. The van der Waals surface area contributed by atoms with Gasteiger partial charge in [0, 0.05) is 10.9 Å². The Bertz CT molecular complexity index is 380. The number of alkyl halides is 3. The molecule has 0 aromatic heterocycles. The van der Waals surface area contributed by atoms with E-state index in [0.29, 0.717) is 12.0 Å². The third-order valence-corrected chi connectivity index (χ3v) is 2.76. The van der Waals surface area contributed by atoms with Crippen molar-refractivity contribution in [2.45, 2.75) is 19.3 Å². The zero-order valence-electron chi connectivity index (χ0n) is 8.42. The van der Waals surface area contributed by atoms with Crippen molar-refractivity contribution in [1.29, 1.82) is 0 Å². The number of carboxylic acids is 1. The van der Waals surface area contributed by atoms with Gasteiger partial charge in [-0.05, 0) is 24.5 Å². The maximum atomic E-state index is 12.4. The van der Waals surface area contributed by atoms with E-state index in [1.54, 1.807) is 0 Å². The lowest BCUT2D eigenvalue weighted by molar-refractivity contribution is 0.0695. The zero-order valence-corrected chi connectivity index (χ0v) is 10.0. The second-order valence-corrected chi connectivity index (χ2v) is 4.11. The predicted octanol–water partition coefficient (Wildman–Crippen LogP) is 3.65. The molecule has 1 aromatic carbocycles. The molecule has 0 heterocycles. The Morgan fingerprint density at radius 1 is 1.44 bits per heavy atom. The number of rotatable bonds is 5. The summed E-state index contributed by atoms with van der Waals surface area (Å²) in [6, 6.07) is 3.80. The lowest BCUT2D eigenvalue weighted by Gasteiger charge is -2.07. The van der Waals surface area contributed by atoms with Crippen LogP contribution in [-0.4, -0.2) is 16.4 Å². The van der Waals surface area contributed by atoms with Gasteiger partial charge in [-0.25, -0.2) is 13.6 Å². The summed E-state index contributed by atoms with van der Waals surface area (Å²) in [7, 11) is 0. The lowest BCUT2D eigenvalue weighted by Crippen LogP contribution is -2.04. The van der Waals surface area contributed by atoms with Gasteiger partial charge < -0.3 is 5.11 Å². The van der Waals surface area contributed by atoms with Gasteiger partial charge in [0.05, 0.1) is 5.56 Å². The molecule has 0 aliphatic heterocycles. The fourth-order valence-corrected chi connectivity index (χ4v) is 1.68. The van der Waals surface area contributed by atoms with E-state index in [0.717, 1.165) is 17.8 Å². The van der Waals surface area contributed by atoms with Crippen molar-refractivity contribution in [3.8, 4) is 0 Å². The molecule has 0 spiro atoms. The van der Waals surface area contributed by atoms with Crippen molar-refractivity contribution in [3.05, 3.63) is 34.9 Å². The Labute approximate surface area is 100 Å². The third-order valence-electron chi connectivity index (χ3n) is 2.20. The van der Waals surface area contributed by atoms with E-state index in [9.17, 15) is 13.6 Å². The molecule has 0 saturated carbocycles. The molecule has 1 N–H and O–H groups in total. The number of benzene rings is 1. The van der Waals surface area contributed by atoms with E-state index in [1.165, 1.54) is 12.1 Å². The molecule has 5 heteroatoms. The van der Waals surface area contributed by atoms with Crippen LogP contribution in [0.5, 0.6) is 0 Å². The molecule has 0 amide bonds. The summed E-state index contributed by atoms with van der Waals surface area (Å²) in [5.41, 5.74) is 0.315. The minimum Gasteiger partial charge on any atom is -0.478 e. The van der Waals surface area contributed by atoms with Crippen molar-refractivity contribution in [1.82, 2.24) is 0 Å². The minimum absolute atomic E-state index is 0.0289. The van der Waals surface area contributed by atoms with Crippen LogP contribution in [0.1, 0.15) is 34.3 Å². The van der Waals surface area contributed by atoms with Crippen LogP contribution in [0.15, 0.2) is 18.2 Å². The number of carboxylic acid groups (broad SMARTS) is 1. The van der Waals surface area contributed by atoms with Crippen molar-refractivity contribution in [3.63, 3.8) is 0 Å². The van der Waals surface area contributed by atoms with E-state index in [4.69, 9.17) is 5.11 Å². The molecule has 0 bridgehead atoms. The van der Waals surface area contributed by atoms with Gasteiger partial charge >= 0.3 is 5.97 Å². The number of aromatic carboxylic acids is 1. The van der Waals surface area contributed by atoms with Crippen LogP contribution >= 0.6 is 15.9 Å². The first-order chi connectivity index (χ1) is 7.56. The van der Waals surface area contributed by atoms with Gasteiger partial charge in [-0.1, -0.05) is 28.1 Å². The number of hydrogen-bond donors (Lipinski definition) is 1. The van der Waals surface area contributed by atoms with Gasteiger partial charge in [0.15, 0.2) is 0 Å². The smallest absolute Gasteiger partial charge is 0.335 e. The molecule has 1 rings (SSSR count). The van der Waals surface area contributed by atoms with Crippen LogP contribution in [0, 0.1) is 0 Å². The minimum atomic E-state index is -2.64. The van der Waals surface area contributed by atoms with Crippen LogP contribution in [-0.2, 0) is 6.42 Å². The molecule has 1 aromatic rings.